The number of benzene rings is 1. The van der Waals surface area contributed by atoms with E-state index < -0.39 is 17.7 Å². The summed E-state index contributed by atoms with van der Waals surface area (Å²) >= 11 is 0. The van der Waals surface area contributed by atoms with E-state index in [1.165, 1.54) is 0 Å². The Morgan fingerprint density at radius 3 is 2.28 bits per heavy atom. The van der Waals surface area contributed by atoms with Crippen LogP contribution in [-0.2, 0) is 16.0 Å². The fraction of sp³-hybridized carbons (Fsp3) is 0.474. The summed E-state index contributed by atoms with van der Waals surface area (Å²) in [6.45, 7) is 6.27. The van der Waals surface area contributed by atoms with Gasteiger partial charge in [-0.05, 0) is 39.2 Å². The van der Waals surface area contributed by atoms with E-state index >= 15 is 0 Å². The van der Waals surface area contributed by atoms with Crippen LogP contribution in [-0.4, -0.2) is 46.6 Å². The number of likely N-dealkylation sites (tertiary alicyclic amines) is 1. The fourth-order valence-electron chi connectivity index (χ4n) is 2.61. The molecule has 134 valence electrons. The van der Waals surface area contributed by atoms with E-state index in [2.05, 4.69) is 0 Å². The van der Waals surface area contributed by atoms with Crippen LogP contribution in [0.2, 0.25) is 0 Å². The molecule has 1 aromatic carbocycles. The Kier molecular flexibility index (Phi) is 5.99. The zero-order chi connectivity index (χ0) is 18.4. The molecule has 0 saturated carbocycles. The molecule has 1 aliphatic heterocycles. The highest BCUT2D eigenvalue weighted by atomic mass is 16.6. The third-order valence-corrected chi connectivity index (χ3v) is 3.75. The largest absolute Gasteiger partial charge is 0.443 e. The molecule has 0 spiro atoms. The summed E-state index contributed by atoms with van der Waals surface area (Å²) in [5.41, 5.74) is -0.0116. The minimum atomic E-state index is -0.848. The van der Waals surface area contributed by atoms with Gasteiger partial charge >= 0.3 is 12.1 Å². The van der Waals surface area contributed by atoms with Gasteiger partial charge in [0.25, 0.3) is 0 Å². The van der Waals surface area contributed by atoms with Gasteiger partial charge in [0.2, 0.25) is 0 Å². The quantitative estimate of drug-likeness (QED) is 0.788. The number of nitrogens with zero attached hydrogens (tertiary/aromatic N) is 2. The standard InChI is InChI=1S/C19H24N2O4/c1-19(2,3)25-18(24)21(17(23)20-11-7-8-12-20)16(14-22)13-15-9-5-4-6-10-15/h4-6,9-10H,7-8,11-13H2,1-3H3. The van der Waals surface area contributed by atoms with Gasteiger partial charge in [0.15, 0.2) is 0 Å². The molecule has 2 rings (SSSR count). The summed E-state index contributed by atoms with van der Waals surface area (Å²) in [5.74, 6) is 1.77. The molecule has 0 aromatic heterocycles. The molecule has 0 radical (unpaired) electrons. The maximum absolute atomic E-state index is 12.8. The third-order valence-electron chi connectivity index (χ3n) is 3.75. The topological polar surface area (TPSA) is 66.9 Å². The van der Waals surface area contributed by atoms with E-state index in [0.717, 1.165) is 23.3 Å². The van der Waals surface area contributed by atoms with Crippen molar-refractivity contribution < 1.29 is 19.1 Å². The molecule has 1 aliphatic rings. The van der Waals surface area contributed by atoms with Crippen LogP contribution in [0.5, 0.6) is 0 Å². The second-order valence-electron chi connectivity index (χ2n) is 7.00. The molecule has 0 bridgehead atoms. The van der Waals surface area contributed by atoms with Gasteiger partial charge in [0.05, 0.1) is 0 Å². The average molecular weight is 344 g/mol. The summed E-state index contributed by atoms with van der Waals surface area (Å²) < 4.78 is 5.34. The van der Waals surface area contributed by atoms with Crippen LogP contribution in [0.25, 0.3) is 0 Å². The van der Waals surface area contributed by atoms with E-state index in [1.807, 2.05) is 30.3 Å². The molecule has 0 unspecified atom stereocenters. The number of rotatable bonds is 3. The van der Waals surface area contributed by atoms with Crippen molar-refractivity contribution >= 4 is 18.1 Å². The minimum absolute atomic E-state index is 0.0441. The number of allylic oxidation sites excluding steroid dienone is 1. The SMILES string of the molecule is CC(C)(C)OC(=O)N(C(=O)N1CCCC1)C(=C=O)Cc1ccccc1. The van der Waals surface area contributed by atoms with Crippen molar-refractivity contribution in [3.05, 3.63) is 41.6 Å². The van der Waals surface area contributed by atoms with Crippen molar-refractivity contribution in [3.8, 4) is 0 Å². The third kappa shape index (κ3) is 5.19. The van der Waals surface area contributed by atoms with Crippen molar-refractivity contribution in [3.63, 3.8) is 0 Å². The average Bonchev–Trinajstić information content (AvgIpc) is 3.07. The van der Waals surface area contributed by atoms with Gasteiger partial charge in [-0.25, -0.2) is 14.4 Å². The Hall–Kier alpha value is -2.59. The van der Waals surface area contributed by atoms with Crippen LogP contribution >= 0.6 is 0 Å². The van der Waals surface area contributed by atoms with Gasteiger partial charge < -0.3 is 9.64 Å². The monoisotopic (exact) mass is 344 g/mol. The highest BCUT2D eigenvalue weighted by Gasteiger charge is 2.35. The second kappa shape index (κ2) is 7.99. The highest BCUT2D eigenvalue weighted by Crippen LogP contribution is 2.20. The first-order valence-corrected chi connectivity index (χ1v) is 8.42. The van der Waals surface area contributed by atoms with Crippen LogP contribution < -0.4 is 0 Å². The van der Waals surface area contributed by atoms with Gasteiger partial charge in [-0.3, -0.25) is 0 Å². The maximum Gasteiger partial charge on any atom is 0.423 e. The van der Waals surface area contributed by atoms with Crippen LogP contribution in [0.3, 0.4) is 0 Å². The summed E-state index contributed by atoms with van der Waals surface area (Å²) in [6.07, 6.45) is 1.04. The van der Waals surface area contributed by atoms with Crippen LogP contribution in [0.15, 0.2) is 36.0 Å². The predicted molar refractivity (Wildman–Crippen MR) is 93.6 cm³/mol. The number of ether oxygens (including phenoxy) is 1. The Morgan fingerprint density at radius 2 is 1.76 bits per heavy atom. The molecule has 0 atom stereocenters. The lowest BCUT2D eigenvalue weighted by atomic mass is 10.1. The molecule has 25 heavy (non-hydrogen) atoms. The Balaban J connectivity index is 2.29. The number of urea groups is 1. The fourth-order valence-corrected chi connectivity index (χ4v) is 2.61. The second-order valence-corrected chi connectivity index (χ2v) is 7.00. The zero-order valence-corrected chi connectivity index (χ0v) is 14.9. The minimum Gasteiger partial charge on any atom is -0.443 e. The molecular weight excluding hydrogens is 320 g/mol. The number of hydrogen-bond donors (Lipinski definition) is 0. The van der Waals surface area contributed by atoms with Crippen LogP contribution in [0.4, 0.5) is 9.59 Å². The molecule has 3 amide bonds. The lowest BCUT2D eigenvalue weighted by Crippen LogP contribution is -2.47. The number of amides is 3. The van der Waals surface area contributed by atoms with Crippen molar-refractivity contribution in [2.75, 3.05) is 13.1 Å². The smallest absolute Gasteiger partial charge is 0.423 e. The van der Waals surface area contributed by atoms with Gasteiger partial charge in [0, 0.05) is 19.5 Å². The molecule has 1 saturated heterocycles. The number of carbonyl (C=O) groups is 2. The first-order chi connectivity index (χ1) is 11.8. The first kappa shape index (κ1) is 18.7. The van der Waals surface area contributed by atoms with Crippen molar-refractivity contribution in [2.45, 2.75) is 45.6 Å². The molecule has 1 aromatic rings. The van der Waals surface area contributed by atoms with Crippen molar-refractivity contribution in [1.29, 1.82) is 0 Å². The molecule has 6 nitrogen and oxygen atoms in total. The predicted octanol–water partition coefficient (Wildman–Crippen LogP) is 3.40. The normalized spacial score (nSPS) is 14.0. The van der Waals surface area contributed by atoms with E-state index in [-0.39, 0.29) is 12.1 Å². The molecule has 0 N–H and O–H groups in total. The van der Waals surface area contributed by atoms with Crippen LogP contribution in [0, 0.1) is 0 Å². The maximum atomic E-state index is 12.8. The molecule has 1 heterocycles. The number of imide groups is 1. The van der Waals surface area contributed by atoms with Crippen molar-refractivity contribution in [2.24, 2.45) is 0 Å². The van der Waals surface area contributed by atoms with Gasteiger partial charge in [-0.2, -0.15) is 4.90 Å². The Bertz CT molecular complexity index is 666. The lowest BCUT2D eigenvalue weighted by molar-refractivity contribution is 0.0344. The van der Waals surface area contributed by atoms with Crippen molar-refractivity contribution in [1.82, 2.24) is 9.80 Å². The highest BCUT2D eigenvalue weighted by molar-refractivity contribution is 5.95. The Morgan fingerprint density at radius 1 is 1.16 bits per heavy atom. The van der Waals surface area contributed by atoms with E-state index in [0.29, 0.717) is 13.1 Å². The number of hydrogen-bond acceptors (Lipinski definition) is 4. The Labute approximate surface area is 148 Å². The summed E-state index contributed by atoms with van der Waals surface area (Å²) in [4.78, 5) is 39.4. The van der Waals surface area contributed by atoms with E-state index in [1.54, 1.807) is 31.6 Å². The van der Waals surface area contributed by atoms with E-state index in [9.17, 15) is 14.4 Å². The summed E-state index contributed by atoms with van der Waals surface area (Å²) in [7, 11) is 0. The van der Waals surface area contributed by atoms with Gasteiger partial charge in [-0.1, -0.05) is 30.3 Å². The molecular formula is C19H24N2O4. The molecule has 1 fully saturated rings. The summed E-state index contributed by atoms with van der Waals surface area (Å²) in [5, 5.41) is 0. The van der Waals surface area contributed by atoms with Crippen LogP contribution in [0.1, 0.15) is 39.2 Å². The van der Waals surface area contributed by atoms with E-state index in [4.69, 9.17) is 4.74 Å². The lowest BCUT2D eigenvalue weighted by Gasteiger charge is -2.29. The number of carbonyl (C=O) groups excluding carboxylic acids is 3. The zero-order valence-electron chi connectivity index (χ0n) is 14.9. The summed E-state index contributed by atoms with van der Waals surface area (Å²) in [6, 6.07) is 8.64. The first-order valence-electron chi connectivity index (χ1n) is 8.42. The molecule has 0 aliphatic carbocycles. The van der Waals surface area contributed by atoms with Gasteiger partial charge in [0.1, 0.15) is 17.2 Å². The molecule has 6 heteroatoms. The van der Waals surface area contributed by atoms with Gasteiger partial charge in [-0.15, -0.1) is 0 Å².